The third kappa shape index (κ3) is 18.6. The summed E-state index contributed by atoms with van der Waals surface area (Å²) < 4.78 is 25.7. The van der Waals surface area contributed by atoms with E-state index in [4.69, 9.17) is 0 Å². The second kappa shape index (κ2) is 18.9. The van der Waals surface area contributed by atoms with Crippen LogP contribution >= 0.6 is 7.82 Å². The number of carbonyl (C=O) groups excluding carboxylic acids is 2. The number of aliphatic carboxylic acids is 1. The summed E-state index contributed by atoms with van der Waals surface area (Å²) >= 11 is 0. The Morgan fingerprint density at radius 3 is 1.97 bits per heavy atom. The van der Waals surface area contributed by atoms with Crippen LogP contribution in [0.1, 0.15) is 84.5 Å². The summed E-state index contributed by atoms with van der Waals surface area (Å²) in [5, 5.41) is 21.1. The molecule has 33 heavy (non-hydrogen) atoms. The molecule has 0 radical (unpaired) electrons. The first-order valence-corrected chi connectivity index (χ1v) is 13.1. The first kappa shape index (κ1) is 31.5. The van der Waals surface area contributed by atoms with Crippen LogP contribution in [0.15, 0.2) is 0 Å². The molecular formula is C21H40NO10P. The van der Waals surface area contributed by atoms with Crippen LogP contribution in [0.25, 0.3) is 0 Å². The van der Waals surface area contributed by atoms with Crippen molar-refractivity contribution >= 4 is 25.7 Å². The molecule has 0 saturated heterocycles. The molecule has 0 saturated carbocycles. The van der Waals surface area contributed by atoms with Crippen LogP contribution in [0, 0.1) is 0 Å². The maximum atomic E-state index is 12.0. The predicted octanol–water partition coefficient (Wildman–Crippen LogP) is 2.92. The number of ether oxygens (including phenoxy) is 1. The SMILES string of the molecule is CCCCCCCCCCCC(=O)NC(COP(=O)(O)OCC(O)COC(=O)CC)C(=O)O. The lowest BCUT2D eigenvalue weighted by molar-refractivity contribution is -0.146. The van der Waals surface area contributed by atoms with Crippen molar-refractivity contribution in [1.82, 2.24) is 5.32 Å². The molecule has 0 bridgehead atoms. The van der Waals surface area contributed by atoms with Crippen molar-refractivity contribution in [2.45, 2.75) is 96.6 Å². The number of carboxylic acid groups (broad SMARTS) is 1. The second-order valence-electron chi connectivity index (χ2n) is 7.79. The van der Waals surface area contributed by atoms with Gasteiger partial charge in [-0.25, -0.2) is 9.36 Å². The van der Waals surface area contributed by atoms with Crippen LogP contribution in [0.5, 0.6) is 0 Å². The molecule has 11 nitrogen and oxygen atoms in total. The third-order valence-corrected chi connectivity index (χ3v) is 5.65. The normalized spacial score (nSPS) is 14.8. The summed E-state index contributed by atoms with van der Waals surface area (Å²) in [4.78, 5) is 44.0. The lowest BCUT2D eigenvalue weighted by Gasteiger charge is -2.18. The number of amides is 1. The molecule has 0 aliphatic rings. The maximum Gasteiger partial charge on any atom is 0.472 e. The van der Waals surface area contributed by atoms with Gasteiger partial charge in [-0.2, -0.15) is 0 Å². The van der Waals surface area contributed by atoms with Crippen LogP contribution < -0.4 is 5.32 Å². The smallest absolute Gasteiger partial charge is 0.472 e. The lowest BCUT2D eigenvalue weighted by Crippen LogP contribution is -2.43. The second-order valence-corrected chi connectivity index (χ2v) is 9.24. The molecule has 4 N–H and O–H groups in total. The van der Waals surface area contributed by atoms with Gasteiger partial charge in [-0.3, -0.25) is 18.6 Å². The highest BCUT2D eigenvalue weighted by molar-refractivity contribution is 7.47. The monoisotopic (exact) mass is 497 g/mol. The molecule has 0 aliphatic heterocycles. The first-order valence-electron chi connectivity index (χ1n) is 11.6. The summed E-state index contributed by atoms with van der Waals surface area (Å²) in [5.41, 5.74) is 0. The molecule has 0 aromatic carbocycles. The number of phosphoric acid groups is 1. The molecule has 0 heterocycles. The number of carboxylic acids is 1. The Bertz CT molecular complexity index is 616. The van der Waals surface area contributed by atoms with E-state index in [1.54, 1.807) is 6.92 Å². The van der Waals surface area contributed by atoms with E-state index in [9.17, 15) is 34.1 Å². The molecule has 0 aromatic rings. The number of rotatable bonds is 21. The van der Waals surface area contributed by atoms with E-state index in [1.807, 2.05) is 0 Å². The highest BCUT2D eigenvalue weighted by Gasteiger charge is 2.28. The number of phosphoric ester groups is 1. The van der Waals surface area contributed by atoms with Gasteiger partial charge < -0.3 is 25.2 Å². The zero-order valence-corrected chi connectivity index (χ0v) is 20.6. The molecule has 3 atom stereocenters. The standard InChI is InChI=1S/C21H40NO10P/c1-3-5-6-7-8-9-10-11-12-13-19(24)22-18(21(26)27)16-32-33(28,29)31-15-17(23)14-30-20(25)4-2/h17-18,23H,3-16H2,1-2H3,(H,22,24)(H,26,27)(H,28,29). The van der Waals surface area contributed by atoms with Gasteiger partial charge in [-0.15, -0.1) is 0 Å². The van der Waals surface area contributed by atoms with Crippen LogP contribution in [-0.4, -0.2) is 64.9 Å². The molecule has 12 heteroatoms. The highest BCUT2D eigenvalue weighted by atomic mass is 31.2. The molecule has 194 valence electrons. The van der Waals surface area contributed by atoms with Gasteiger partial charge in [0.15, 0.2) is 6.04 Å². The average molecular weight is 498 g/mol. The van der Waals surface area contributed by atoms with Gasteiger partial charge >= 0.3 is 19.8 Å². The Kier molecular flexibility index (Phi) is 18.0. The molecule has 3 unspecified atom stereocenters. The lowest BCUT2D eigenvalue weighted by atomic mass is 10.1. The number of nitrogens with one attached hydrogen (secondary N) is 1. The van der Waals surface area contributed by atoms with Crippen LogP contribution in [-0.2, 0) is 32.7 Å². The van der Waals surface area contributed by atoms with Crippen LogP contribution in [0.4, 0.5) is 0 Å². The van der Waals surface area contributed by atoms with E-state index >= 15 is 0 Å². The summed E-state index contributed by atoms with van der Waals surface area (Å²) in [6, 6.07) is -1.53. The van der Waals surface area contributed by atoms with Crippen molar-refractivity contribution in [1.29, 1.82) is 0 Å². The van der Waals surface area contributed by atoms with Gasteiger partial charge in [-0.1, -0.05) is 65.2 Å². The Hall–Kier alpha value is -1.52. The van der Waals surface area contributed by atoms with E-state index in [2.05, 4.69) is 26.0 Å². The quantitative estimate of drug-likeness (QED) is 0.105. The largest absolute Gasteiger partial charge is 0.480 e. The van der Waals surface area contributed by atoms with Gasteiger partial charge in [0, 0.05) is 12.8 Å². The fourth-order valence-corrected chi connectivity index (χ4v) is 3.54. The average Bonchev–Trinajstić information content (AvgIpc) is 2.77. The zero-order chi connectivity index (χ0) is 25.1. The number of esters is 1. The van der Waals surface area contributed by atoms with Gasteiger partial charge in [0.25, 0.3) is 0 Å². The van der Waals surface area contributed by atoms with Crippen molar-refractivity contribution in [3.05, 3.63) is 0 Å². The molecule has 0 fully saturated rings. The fourth-order valence-electron chi connectivity index (χ4n) is 2.76. The molecule has 0 rings (SSSR count). The van der Waals surface area contributed by atoms with Gasteiger partial charge in [-0.05, 0) is 6.42 Å². The Labute approximate surface area is 195 Å². The topological polar surface area (TPSA) is 169 Å². The van der Waals surface area contributed by atoms with E-state index in [-0.39, 0.29) is 12.8 Å². The van der Waals surface area contributed by atoms with Crippen LogP contribution in [0.3, 0.4) is 0 Å². The predicted molar refractivity (Wildman–Crippen MR) is 120 cm³/mol. The number of unbranched alkanes of at least 4 members (excludes halogenated alkanes) is 8. The number of hydrogen-bond acceptors (Lipinski definition) is 8. The van der Waals surface area contributed by atoms with Crippen molar-refractivity contribution < 1.29 is 47.8 Å². The van der Waals surface area contributed by atoms with E-state index in [0.29, 0.717) is 6.42 Å². The van der Waals surface area contributed by atoms with Gasteiger partial charge in [0.2, 0.25) is 5.91 Å². The molecule has 1 amide bonds. The van der Waals surface area contributed by atoms with Gasteiger partial charge in [0.05, 0.1) is 13.2 Å². The zero-order valence-electron chi connectivity index (χ0n) is 19.7. The molecule has 0 aliphatic carbocycles. The van der Waals surface area contributed by atoms with Crippen molar-refractivity contribution in [2.75, 3.05) is 19.8 Å². The van der Waals surface area contributed by atoms with Crippen molar-refractivity contribution in [2.24, 2.45) is 0 Å². The van der Waals surface area contributed by atoms with Crippen molar-refractivity contribution in [3.8, 4) is 0 Å². The summed E-state index contributed by atoms with van der Waals surface area (Å²) in [7, 11) is -4.70. The molecular weight excluding hydrogens is 457 g/mol. The first-order chi connectivity index (χ1) is 15.6. The minimum atomic E-state index is -4.70. The van der Waals surface area contributed by atoms with E-state index < -0.39 is 57.6 Å². The van der Waals surface area contributed by atoms with E-state index in [1.165, 1.54) is 32.1 Å². The number of hydrogen-bond donors (Lipinski definition) is 4. The minimum Gasteiger partial charge on any atom is -0.480 e. The van der Waals surface area contributed by atoms with Crippen LogP contribution in [0.2, 0.25) is 0 Å². The number of aliphatic hydroxyl groups excluding tert-OH is 1. The molecule has 0 spiro atoms. The summed E-state index contributed by atoms with van der Waals surface area (Å²) in [5.74, 6) is -2.47. The molecule has 0 aromatic heterocycles. The summed E-state index contributed by atoms with van der Waals surface area (Å²) in [6.07, 6.45) is 8.61. The Morgan fingerprint density at radius 2 is 1.42 bits per heavy atom. The Morgan fingerprint density at radius 1 is 0.879 bits per heavy atom. The van der Waals surface area contributed by atoms with E-state index in [0.717, 1.165) is 19.3 Å². The fraction of sp³-hybridized carbons (Fsp3) is 0.857. The minimum absolute atomic E-state index is 0.108. The third-order valence-electron chi connectivity index (χ3n) is 4.70. The number of carbonyl (C=O) groups is 3. The Balaban J connectivity index is 4.15. The number of aliphatic hydroxyl groups is 1. The van der Waals surface area contributed by atoms with Gasteiger partial charge in [0.1, 0.15) is 12.7 Å². The van der Waals surface area contributed by atoms with Crippen molar-refractivity contribution in [3.63, 3.8) is 0 Å². The highest BCUT2D eigenvalue weighted by Crippen LogP contribution is 2.43. The summed E-state index contributed by atoms with van der Waals surface area (Å²) in [6.45, 7) is 1.83. The maximum absolute atomic E-state index is 12.0.